The van der Waals surface area contributed by atoms with E-state index >= 15 is 0 Å². The molecule has 0 unspecified atom stereocenters. The van der Waals surface area contributed by atoms with Crippen molar-refractivity contribution in [2.24, 2.45) is 5.92 Å². The van der Waals surface area contributed by atoms with Crippen LogP contribution < -0.4 is 0 Å². The number of carbonyl (C=O) groups is 1. The lowest BCUT2D eigenvalue weighted by molar-refractivity contribution is -0.134. The average Bonchev–Trinajstić information content (AvgIpc) is 2.62. The number of amides is 1. The molecule has 1 aromatic rings. The number of benzene rings is 1. The van der Waals surface area contributed by atoms with Gasteiger partial charge in [-0.3, -0.25) is 9.69 Å². The number of likely N-dealkylation sites (tertiary alicyclic amines) is 1. The van der Waals surface area contributed by atoms with E-state index in [2.05, 4.69) is 11.8 Å². The van der Waals surface area contributed by atoms with Gasteiger partial charge in [0.2, 0.25) is 15.9 Å². The van der Waals surface area contributed by atoms with Crippen LogP contribution in [0.1, 0.15) is 19.8 Å². The molecule has 0 bridgehead atoms. The van der Waals surface area contributed by atoms with Gasteiger partial charge in [0, 0.05) is 37.7 Å². The Labute approximate surface area is 160 Å². The summed E-state index contributed by atoms with van der Waals surface area (Å²) >= 11 is 5.83. The fourth-order valence-electron chi connectivity index (χ4n) is 3.66. The minimum absolute atomic E-state index is 0.0997. The summed E-state index contributed by atoms with van der Waals surface area (Å²) in [5.41, 5.74) is 0. The Bertz CT molecular complexity index is 731. The molecule has 0 spiro atoms. The molecule has 6 nitrogen and oxygen atoms in total. The predicted molar refractivity (Wildman–Crippen MR) is 102 cm³/mol. The summed E-state index contributed by atoms with van der Waals surface area (Å²) in [6.07, 6.45) is 2.37. The molecule has 144 valence electrons. The SMILES string of the molecule is C[C@H]1CCCN(CC(=O)N2CCN(S(=O)(=O)c3ccc(Cl)cc3)CC2)C1. The molecule has 2 saturated heterocycles. The van der Waals surface area contributed by atoms with E-state index in [1.54, 1.807) is 17.0 Å². The Balaban J connectivity index is 1.55. The molecule has 2 aliphatic heterocycles. The first-order valence-electron chi connectivity index (χ1n) is 9.12. The van der Waals surface area contributed by atoms with Crippen LogP contribution in [0, 0.1) is 5.92 Å². The molecule has 1 atom stereocenters. The van der Waals surface area contributed by atoms with Crippen molar-refractivity contribution in [2.75, 3.05) is 45.8 Å². The zero-order chi connectivity index (χ0) is 18.7. The zero-order valence-electron chi connectivity index (χ0n) is 15.1. The van der Waals surface area contributed by atoms with Crippen LogP contribution in [-0.4, -0.2) is 74.2 Å². The molecule has 2 heterocycles. The summed E-state index contributed by atoms with van der Waals surface area (Å²) in [6.45, 7) is 6.13. The lowest BCUT2D eigenvalue weighted by Crippen LogP contribution is -2.53. The first kappa shape index (κ1) is 19.6. The molecular formula is C18H26ClN3O3S. The van der Waals surface area contributed by atoms with Crippen LogP contribution in [0.3, 0.4) is 0 Å². The van der Waals surface area contributed by atoms with E-state index in [1.807, 2.05) is 0 Å². The Morgan fingerprint density at radius 2 is 1.77 bits per heavy atom. The summed E-state index contributed by atoms with van der Waals surface area (Å²) in [7, 11) is -3.54. The molecule has 0 aliphatic carbocycles. The monoisotopic (exact) mass is 399 g/mol. The van der Waals surface area contributed by atoms with Crippen LogP contribution in [0.4, 0.5) is 0 Å². The van der Waals surface area contributed by atoms with Gasteiger partial charge in [-0.25, -0.2) is 8.42 Å². The van der Waals surface area contributed by atoms with Crippen LogP contribution in [0.25, 0.3) is 0 Å². The third-order valence-electron chi connectivity index (χ3n) is 5.14. The molecule has 2 fully saturated rings. The largest absolute Gasteiger partial charge is 0.339 e. The molecule has 1 aromatic carbocycles. The summed E-state index contributed by atoms with van der Waals surface area (Å²) in [5, 5.41) is 0.506. The lowest BCUT2D eigenvalue weighted by Gasteiger charge is -2.36. The highest BCUT2D eigenvalue weighted by atomic mass is 35.5. The van der Waals surface area contributed by atoms with E-state index in [1.165, 1.54) is 22.9 Å². The van der Waals surface area contributed by atoms with Crippen molar-refractivity contribution in [3.8, 4) is 0 Å². The van der Waals surface area contributed by atoms with Crippen molar-refractivity contribution in [3.05, 3.63) is 29.3 Å². The lowest BCUT2D eigenvalue weighted by atomic mass is 10.0. The quantitative estimate of drug-likeness (QED) is 0.775. The van der Waals surface area contributed by atoms with Crippen LogP contribution in [0.2, 0.25) is 5.02 Å². The molecule has 0 saturated carbocycles. The van der Waals surface area contributed by atoms with Gasteiger partial charge in [0.25, 0.3) is 0 Å². The summed E-state index contributed by atoms with van der Waals surface area (Å²) in [6, 6.07) is 6.20. The molecule has 2 aliphatic rings. The van der Waals surface area contributed by atoms with Gasteiger partial charge in [-0.05, 0) is 49.6 Å². The third-order valence-corrected chi connectivity index (χ3v) is 7.31. The number of carbonyl (C=O) groups excluding carboxylic acids is 1. The summed E-state index contributed by atoms with van der Waals surface area (Å²) in [5.74, 6) is 0.737. The van der Waals surface area contributed by atoms with Crippen molar-refractivity contribution < 1.29 is 13.2 Å². The standard InChI is InChI=1S/C18H26ClN3O3S/c1-15-3-2-8-20(13-15)14-18(23)21-9-11-22(12-10-21)26(24,25)17-6-4-16(19)5-7-17/h4-7,15H,2-3,8-14H2,1H3/t15-/m0/s1. The van der Waals surface area contributed by atoms with Gasteiger partial charge >= 0.3 is 0 Å². The van der Waals surface area contributed by atoms with Crippen molar-refractivity contribution >= 4 is 27.5 Å². The number of rotatable bonds is 4. The summed E-state index contributed by atoms with van der Waals surface area (Å²) < 4.78 is 26.8. The Morgan fingerprint density at radius 1 is 1.12 bits per heavy atom. The second-order valence-electron chi connectivity index (χ2n) is 7.22. The predicted octanol–water partition coefficient (Wildman–Crippen LogP) is 1.90. The van der Waals surface area contributed by atoms with Gasteiger partial charge < -0.3 is 4.90 Å². The average molecular weight is 400 g/mol. The molecule has 0 N–H and O–H groups in total. The minimum Gasteiger partial charge on any atom is -0.339 e. The maximum absolute atomic E-state index is 12.7. The molecule has 3 rings (SSSR count). The second-order valence-corrected chi connectivity index (χ2v) is 9.60. The maximum Gasteiger partial charge on any atom is 0.243 e. The van der Waals surface area contributed by atoms with E-state index in [0.717, 1.165) is 19.5 Å². The van der Waals surface area contributed by atoms with Crippen LogP contribution in [0.15, 0.2) is 29.2 Å². The third kappa shape index (κ3) is 4.57. The smallest absolute Gasteiger partial charge is 0.243 e. The Hall–Kier alpha value is -1.15. The fourth-order valence-corrected chi connectivity index (χ4v) is 5.20. The molecule has 0 radical (unpaired) electrons. The van der Waals surface area contributed by atoms with Crippen molar-refractivity contribution in [1.29, 1.82) is 0 Å². The Morgan fingerprint density at radius 3 is 2.38 bits per heavy atom. The van der Waals surface area contributed by atoms with Crippen molar-refractivity contribution in [3.63, 3.8) is 0 Å². The highest BCUT2D eigenvalue weighted by Gasteiger charge is 2.30. The van der Waals surface area contributed by atoms with E-state index in [0.29, 0.717) is 43.7 Å². The van der Waals surface area contributed by atoms with E-state index in [-0.39, 0.29) is 10.8 Å². The number of sulfonamides is 1. The van der Waals surface area contributed by atoms with Crippen molar-refractivity contribution in [2.45, 2.75) is 24.7 Å². The molecule has 0 aromatic heterocycles. The van der Waals surface area contributed by atoms with E-state index in [4.69, 9.17) is 11.6 Å². The normalized spacial score (nSPS) is 23.2. The number of piperazine rings is 1. The van der Waals surface area contributed by atoms with Gasteiger partial charge in [0.1, 0.15) is 0 Å². The van der Waals surface area contributed by atoms with Crippen LogP contribution >= 0.6 is 11.6 Å². The number of piperidine rings is 1. The highest BCUT2D eigenvalue weighted by Crippen LogP contribution is 2.20. The fraction of sp³-hybridized carbons (Fsp3) is 0.611. The molecule has 26 heavy (non-hydrogen) atoms. The zero-order valence-corrected chi connectivity index (χ0v) is 16.7. The number of hydrogen-bond acceptors (Lipinski definition) is 4. The molecular weight excluding hydrogens is 374 g/mol. The van der Waals surface area contributed by atoms with Gasteiger partial charge in [-0.1, -0.05) is 18.5 Å². The van der Waals surface area contributed by atoms with Gasteiger partial charge in [-0.2, -0.15) is 4.31 Å². The first-order valence-corrected chi connectivity index (χ1v) is 10.9. The Kier molecular flexibility index (Phi) is 6.22. The van der Waals surface area contributed by atoms with Crippen LogP contribution in [0.5, 0.6) is 0 Å². The molecule has 1 amide bonds. The highest BCUT2D eigenvalue weighted by molar-refractivity contribution is 7.89. The second kappa shape index (κ2) is 8.25. The van der Waals surface area contributed by atoms with E-state index in [9.17, 15) is 13.2 Å². The van der Waals surface area contributed by atoms with Gasteiger partial charge in [0.15, 0.2) is 0 Å². The van der Waals surface area contributed by atoms with E-state index < -0.39 is 10.0 Å². The number of nitrogens with zero attached hydrogens (tertiary/aromatic N) is 3. The van der Waals surface area contributed by atoms with Gasteiger partial charge in [-0.15, -0.1) is 0 Å². The van der Waals surface area contributed by atoms with Crippen molar-refractivity contribution in [1.82, 2.24) is 14.1 Å². The minimum atomic E-state index is -3.54. The number of hydrogen-bond donors (Lipinski definition) is 0. The first-order chi connectivity index (χ1) is 12.4. The topological polar surface area (TPSA) is 60.9 Å². The molecule has 8 heteroatoms. The summed E-state index contributed by atoms with van der Waals surface area (Å²) in [4.78, 5) is 16.8. The number of halogens is 1. The van der Waals surface area contributed by atoms with Gasteiger partial charge in [0.05, 0.1) is 11.4 Å². The maximum atomic E-state index is 12.7. The van der Waals surface area contributed by atoms with Crippen LogP contribution in [-0.2, 0) is 14.8 Å².